The van der Waals surface area contributed by atoms with Crippen molar-refractivity contribution in [2.45, 2.75) is 49.2 Å². The highest BCUT2D eigenvalue weighted by molar-refractivity contribution is 5.56. The van der Waals surface area contributed by atoms with Crippen molar-refractivity contribution in [2.75, 3.05) is 13.2 Å². The lowest BCUT2D eigenvalue weighted by molar-refractivity contribution is -0.263. The Hall–Kier alpha value is -4.18. The zero-order valence-electron chi connectivity index (χ0n) is 22.0. The Labute approximate surface area is 241 Å². The minimum absolute atomic E-state index is 0.317. The summed E-state index contributed by atoms with van der Waals surface area (Å²) >= 11 is 0. The summed E-state index contributed by atoms with van der Waals surface area (Å²) in [6.07, 6.45) is 3.61. The number of hydrogen-bond donors (Lipinski definition) is 6. The molecule has 0 saturated carbocycles. The van der Waals surface area contributed by atoms with Gasteiger partial charge in [0.15, 0.2) is 0 Å². The van der Waals surface area contributed by atoms with Crippen LogP contribution in [-0.2, 0) is 18.9 Å². The Kier molecular flexibility index (Phi) is 10.4. The van der Waals surface area contributed by atoms with Gasteiger partial charge in [0.25, 0.3) is 0 Å². The van der Waals surface area contributed by atoms with E-state index in [1.165, 1.54) is 0 Å². The molecule has 4 rings (SSSR count). The minimum atomic E-state index is -1.48. The summed E-state index contributed by atoms with van der Waals surface area (Å²) in [5, 5.41) is 60.9. The third-order valence-corrected chi connectivity index (χ3v) is 6.64. The Morgan fingerprint density at radius 3 is 1.43 bits per heavy atom. The van der Waals surface area contributed by atoms with E-state index in [0.29, 0.717) is 22.8 Å². The molecule has 0 radical (unpaired) electrons. The smallest absolute Gasteiger partial charge is 0.239 e. The molecule has 2 saturated heterocycles. The van der Waals surface area contributed by atoms with E-state index in [1.54, 1.807) is 36.4 Å². The number of terminal acetylenes is 2. The quantitative estimate of drug-likeness (QED) is 0.219. The van der Waals surface area contributed by atoms with Crippen LogP contribution in [0.4, 0.5) is 0 Å². The second kappa shape index (κ2) is 14.1. The summed E-state index contributed by atoms with van der Waals surface area (Å²) in [7, 11) is 0. The monoisotopic (exact) mass is 576 g/mol. The van der Waals surface area contributed by atoms with Crippen LogP contribution in [0.25, 0.3) is 11.4 Å². The molecule has 0 unspecified atom stereocenters. The van der Waals surface area contributed by atoms with Gasteiger partial charge >= 0.3 is 0 Å². The highest BCUT2D eigenvalue weighted by Crippen LogP contribution is 2.28. The van der Waals surface area contributed by atoms with Gasteiger partial charge in [-0.3, -0.25) is 0 Å². The second-order valence-corrected chi connectivity index (χ2v) is 9.29. The van der Waals surface area contributed by atoms with E-state index in [-0.39, 0.29) is 0 Å². The van der Waals surface area contributed by atoms with E-state index >= 15 is 0 Å². The Morgan fingerprint density at radius 1 is 0.667 bits per heavy atom. The molecule has 10 atom stereocenters. The summed E-state index contributed by atoms with van der Waals surface area (Å²) in [5.74, 6) is 9.35. The molecule has 0 aromatic carbocycles. The normalized spacial score (nSPS) is 32.1. The van der Waals surface area contributed by atoms with Crippen molar-refractivity contribution < 1.29 is 49.6 Å². The number of rotatable bonds is 5. The van der Waals surface area contributed by atoms with Gasteiger partial charge in [-0.25, -0.2) is 9.97 Å². The fraction of sp³-hybridized carbons (Fsp3) is 0.400. The van der Waals surface area contributed by atoms with Crippen LogP contribution in [0, 0.1) is 60.6 Å². The highest BCUT2D eigenvalue weighted by atomic mass is 16.7. The van der Waals surface area contributed by atoms with Crippen molar-refractivity contribution >= 4 is 0 Å². The minimum Gasteiger partial charge on any atom is -0.412 e. The Balaban J connectivity index is 1.53. The Morgan fingerprint density at radius 2 is 1.07 bits per heavy atom. The number of nitrogens with zero attached hydrogens (tertiary/aromatic N) is 2. The van der Waals surface area contributed by atoms with Crippen LogP contribution >= 0.6 is 0 Å². The van der Waals surface area contributed by atoms with Gasteiger partial charge < -0.3 is 49.6 Å². The predicted octanol–water partition coefficient (Wildman–Crippen LogP) is -1.83. The van der Waals surface area contributed by atoms with Crippen molar-refractivity contribution in [1.29, 1.82) is 0 Å². The van der Waals surface area contributed by atoms with Crippen LogP contribution < -0.4 is 0 Å². The Bertz CT molecular complexity index is 1330. The van der Waals surface area contributed by atoms with Gasteiger partial charge in [0, 0.05) is 0 Å². The number of hydrogen-bond acceptors (Lipinski definition) is 12. The number of aliphatic hydroxyl groups excluding tert-OH is 6. The van der Waals surface area contributed by atoms with Crippen molar-refractivity contribution in [3.8, 4) is 60.1 Å². The summed E-state index contributed by atoms with van der Waals surface area (Å²) in [5.41, 5.74) is 1.53. The molecule has 0 amide bonds. The van der Waals surface area contributed by atoms with E-state index in [9.17, 15) is 30.6 Å². The summed E-state index contributed by atoms with van der Waals surface area (Å²) in [6, 6.07) is 10.1. The molecule has 42 heavy (non-hydrogen) atoms. The molecular weight excluding hydrogens is 548 g/mol. The summed E-state index contributed by atoms with van der Waals surface area (Å²) in [4.78, 5) is 8.98. The first-order chi connectivity index (χ1) is 20.3. The third kappa shape index (κ3) is 6.82. The molecule has 218 valence electrons. The first-order valence-corrected chi connectivity index (χ1v) is 12.8. The summed E-state index contributed by atoms with van der Waals surface area (Å²) in [6.45, 7) is -1.000. The summed E-state index contributed by atoms with van der Waals surface area (Å²) < 4.78 is 20.5. The molecule has 2 aromatic rings. The maximum absolute atomic E-state index is 10.5. The van der Waals surface area contributed by atoms with Gasteiger partial charge in [-0.05, 0) is 36.1 Å². The zero-order chi connectivity index (χ0) is 30.2. The molecule has 2 aromatic heterocycles. The molecule has 2 fully saturated rings. The molecule has 2 aliphatic heterocycles. The van der Waals surface area contributed by atoms with E-state index in [2.05, 4.69) is 33.6 Å². The number of aliphatic hydroxyl groups is 6. The standard InChI is InChI=1S/C30H28N2O10/c1-3-39-29-27(37)25(35)19(23(15-33)41-29)13-11-17-7-5-9-21(31-17)22-10-6-8-18(32-22)12-14-20-24(16-34)42-30(40-4-2)28(38)26(20)36/h1-2,5-10,19-20,23-30,33-38H,15-16H2/t19-,20-,23-,24-,25+,26+,27-,28-,29+,30+/m1/s1. The lowest BCUT2D eigenvalue weighted by atomic mass is 9.89. The van der Waals surface area contributed by atoms with Gasteiger partial charge in [0.1, 0.15) is 60.2 Å². The van der Waals surface area contributed by atoms with E-state index < -0.39 is 74.3 Å². The molecule has 2 aliphatic rings. The molecule has 6 N–H and O–H groups in total. The van der Waals surface area contributed by atoms with Gasteiger partial charge in [0.05, 0.1) is 36.4 Å². The average molecular weight is 577 g/mol. The van der Waals surface area contributed by atoms with Gasteiger partial charge in [0.2, 0.25) is 12.6 Å². The van der Waals surface area contributed by atoms with Crippen molar-refractivity contribution in [3.63, 3.8) is 0 Å². The predicted molar refractivity (Wildman–Crippen MR) is 144 cm³/mol. The molecule has 0 aliphatic carbocycles. The lowest BCUT2D eigenvalue weighted by Crippen LogP contribution is -2.55. The first-order valence-electron chi connectivity index (χ1n) is 12.8. The van der Waals surface area contributed by atoms with Crippen molar-refractivity contribution in [2.24, 2.45) is 11.8 Å². The van der Waals surface area contributed by atoms with Crippen LogP contribution in [0.3, 0.4) is 0 Å². The van der Waals surface area contributed by atoms with Gasteiger partial charge in [-0.2, -0.15) is 0 Å². The molecule has 0 spiro atoms. The fourth-order valence-electron chi connectivity index (χ4n) is 4.47. The maximum atomic E-state index is 10.5. The van der Waals surface area contributed by atoms with Crippen LogP contribution in [0.15, 0.2) is 36.4 Å². The largest absolute Gasteiger partial charge is 0.412 e. The molecular formula is C30H28N2O10. The molecule has 4 heterocycles. The maximum Gasteiger partial charge on any atom is 0.239 e. The molecule has 0 bridgehead atoms. The van der Waals surface area contributed by atoms with E-state index in [1.807, 2.05) is 12.2 Å². The lowest BCUT2D eigenvalue weighted by Gasteiger charge is -2.38. The van der Waals surface area contributed by atoms with Crippen molar-refractivity contribution in [3.05, 3.63) is 47.8 Å². The third-order valence-electron chi connectivity index (χ3n) is 6.64. The van der Waals surface area contributed by atoms with Crippen LogP contribution in [-0.4, -0.2) is 103 Å². The van der Waals surface area contributed by atoms with Crippen molar-refractivity contribution in [1.82, 2.24) is 9.97 Å². The van der Waals surface area contributed by atoms with Gasteiger partial charge in [-0.15, -0.1) is 0 Å². The molecule has 12 heteroatoms. The number of ether oxygens (including phenoxy) is 4. The first kappa shape index (κ1) is 30.8. The van der Waals surface area contributed by atoms with Crippen LogP contribution in [0.2, 0.25) is 0 Å². The molecule has 12 nitrogen and oxygen atoms in total. The number of aromatic nitrogens is 2. The van der Waals surface area contributed by atoms with E-state index in [0.717, 1.165) is 0 Å². The average Bonchev–Trinajstić information content (AvgIpc) is 3.01. The zero-order valence-corrected chi connectivity index (χ0v) is 22.0. The van der Waals surface area contributed by atoms with Crippen LogP contribution in [0.1, 0.15) is 11.4 Å². The highest BCUT2D eigenvalue weighted by Gasteiger charge is 2.45. The SMILES string of the molecule is C#CO[C@H]1O[C@H](CO)[C@@H](C#Cc2cccc(-c3cccc(C#C[C@H]4[C@H](O)[C@@H](O)[C@@H](OC#C)O[C@@H]4CO)n3)n2)[C@H](O)[C@H]1O. The topological polar surface area (TPSA) is 184 Å². The second-order valence-electron chi connectivity index (χ2n) is 9.29. The van der Waals surface area contributed by atoms with Crippen LogP contribution in [0.5, 0.6) is 0 Å². The fourth-order valence-corrected chi connectivity index (χ4v) is 4.47. The van der Waals surface area contributed by atoms with Gasteiger partial charge in [-0.1, -0.05) is 36.8 Å². The number of pyridine rings is 2. The van der Waals surface area contributed by atoms with E-state index in [4.69, 9.17) is 31.8 Å².